The van der Waals surface area contributed by atoms with Gasteiger partial charge in [-0.25, -0.2) is 12.8 Å². The summed E-state index contributed by atoms with van der Waals surface area (Å²) in [6, 6.07) is 0. The zero-order chi connectivity index (χ0) is 6.41. The smallest absolute Gasteiger partial charge is 0.224 e. The van der Waals surface area contributed by atoms with Gasteiger partial charge in [-0.15, -0.1) is 0 Å². The highest BCUT2D eigenvalue weighted by Gasteiger charge is 2.61. The van der Waals surface area contributed by atoms with Gasteiger partial charge in [0, 0.05) is 0 Å². The maximum Gasteiger partial charge on any atom is 0.224 e. The van der Waals surface area contributed by atoms with Gasteiger partial charge in [-0.3, -0.25) is 0 Å². The zero-order valence-corrected chi connectivity index (χ0v) is 5.33. The molecule has 0 spiro atoms. The molecule has 0 aromatic heterocycles. The van der Waals surface area contributed by atoms with Gasteiger partial charge >= 0.3 is 0 Å². The Hall–Kier alpha value is -0.120. The summed E-state index contributed by atoms with van der Waals surface area (Å²) in [6.45, 7) is 1.53. The molecule has 0 aromatic carbocycles. The predicted molar refractivity (Wildman–Crippen MR) is 27.9 cm³/mol. The lowest BCUT2D eigenvalue weighted by molar-refractivity contribution is 0.343. The lowest BCUT2D eigenvalue weighted by Gasteiger charge is -1.89. The van der Waals surface area contributed by atoms with Crippen molar-refractivity contribution in [2.45, 2.75) is 18.3 Å². The van der Waals surface area contributed by atoms with Gasteiger partial charge in [0.05, 0.1) is 0 Å². The highest BCUT2D eigenvalue weighted by Crippen LogP contribution is 2.40. The van der Waals surface area contributed by atoms with E-state index in [0.29, 0.717) is 0 Å². The Balaban J connectivity index is 2.84. The molecular weight excluding hydrogens is 131 g/mol. The second-order valence-corrected chi connectivity index (χ2v) is 4.25. The minimum atomic E-state index is -3.27. The Kier molecular flexibility index (Phi) is 0.927. The van der Waals surface area contributed by atoms with E-state index in [9.17, 15) is 12.8 Å². The molecule has 0 aromatic rings. The van der Waals surface area contributed by atoms with Gasteiger partial charge in [0.2, 0.25) is 5.00 Å². The van der Waals surface area contributed by atoms with Crippen molar-refractivity contribution >= 4 is 9.84 Å². The molecule has 0 radical (unpaired) electrons. The summed E-state index contributed by atoms with van der Waals surface area (Å²) in [5.41, 5.74) is 0. The number of alkyl halides is 1. The lowest BCUT2D eigenvalue weighted by atomic mass is 10.3. The van der Waals surface area contributed by atoms with Gasteiger partial charge in [0.25, 0.3) is 0 Å². The van der Waals surface area contributed by atoms with E-state index in [4.69, 9.17) is 0 Å². The standard InChI is InChI=1S/C4H7FO2S/c1-2-4(5)3-8(4,6)7/h2-3H2,1H3. The van der Waals surface area contributed by atoms with Crippen molar-refractivity contribution in [3.63, 3.8) is 0 Å². The summed E-state index contributed by atoms with van der Waals surface area (Å²) in [7, 11) is -3.27. The number of hydrogen-bond donors (Lipinski definition) is 0. The molecule has 0 N–H and O–H groups in total. The molecule has 2 nitrogen and oxygen atoms in total. The van der Waals surface area contributed by atoms with Crippen LogP contribution in [0.4, 0.5) is 4.39 Å². The largest absolute Gasteiger partial charge is 0.225 e. The van der Waals surface area contributed by atoms with E-state index < -0.39 is 14.8 Å². The zero-order valence-electron chi connectivity index (χ0n) is 4.52. The minimum Gasteiger partial charge on any atom is -0.225 e. The third kappa shape index (κ3) is 0.555. The van der Waals surface area contributed by atoms with Crippen LogP contribution in [0.25, 0.3) is 0 Å². The number of halogens is 1. The monoisotopic (exact) mass is 138 g/mol. The second-order valence-electron chi connectivity index (χ2n) is 2.00. The average Bonchev–Trinajstić information content (AvgIpc) is 2.10. The first-order valence-electron chi connectivity index (χ1n) is 2.43. The topological polar surface area (TPSA) is 34.1 Å². The van der Waals surface area contributed by atoms with Crippen molar-refractivity contribution in [3.05, 3.63) is 0 Å². The van der Waals surface area contributed by atoms with Gasteiger partial charge in [-0.05, 0) is 6.42 Å². The fourth-order valence-corrected chi connectivity index (χ4v) is 2.02. The summed E-state index contributed by atoms with van der Waals surface area (Å²) < 4.78 is 32.9. The van der Waals surface area contributed by atoms with E-state index in [1.807, 2.05) is 0 Å². The lowest BCUT2D eigenvalue weighted by Crippen LogP contribution is -2.00. The van der Waals surface area contributed by atoms with Crippen LogP contribution < -0.4 is 0 Å². The predicted octanol–water partition coefficient (Wildman–Crippen LogP) is 0.491. The van der Waals surface area contributed by atoms with Crippen LogP contribution in [0.2, 0.25) is 0 Å². The van der Waals surface area contributed by atoms with Crippen LogP contribution in [0.1, 0.15) is 13.3 Å². The third-order valence-electron chi connectivity index (χ3n) is 1.40. The normalized spacial score (nSPS) is 41.8. The van der Waals surface area contributed by atoms with Gasteiger partial charge < -0.3 is 0 Å². The number of sulfone groups is 1. The van der Waals surface area contributed by atoms with E-state index in [2.05, 4.69) is 0 Å². The van der Waals surface area contributed by atoms with Crippen LogP contribution in [0.3, 0.4) is 0 Å². The Labute approximate surface area is 47.6 Å². The molecule has 1 heterocycles. The van der Waals surface area contributed by atoms with E-state index in [1.54, 1.807) is 0 Å². The van der Waals surface area contributed by atoms with E-state index >= 15 is 0 Å². The highest BCUT2D eigenvalue weighted by atomic mass is 32.2. The fourth-order valence-electron chi connectivity index (χ4n) is 0.576. The molecule has 48 valence electrons. The van der Waals surface area contributed by atoms with Gasteiger partial charge in [-0.2, -0.15) is 0 Å². The summed E-state index contributed by atoms with van der Waals surface area (Å²) in [5, 5.41) is -1.84. The highest BCUT2D eigenvalue weighted by molar-refractivity contribution is 7.99. The first-order chi connectivity index (χ1) is 3.52. The van der Waals surface area contributed by atoms with Gasteiger partial charge in [0.15, 0.2) is 9.84 Å². The molecule has 1 saturated heterocycles. The molecule has 0 aliphatic carbocycles. The SMILES string of the molecule is CCC1(F)CS1(=O)=O. The van der Waals surface area contributed by atoms with Crippen molar-refractivity contribution < 1.29 is 12.8 Å². The van der Waals surface area contributed by atoms with Crippen molar-refractivity contribution in [2.75, 3.05) is 5.75 Å². The first-order valence-corrected chi connectivity index (χ1v) is 4.08. The van der Waals surface area contributed by atoms with E-state index in [0.717, 1.165) is 0 Å². The molecule has 0 saturated carbocycles. The second kappa shape index (κ2) is 1.23. The number of hydrogen-bond acceptors (Lipinski definition) is 2. The van der Waals surface area contributed by atoms with E-state index in [-0.39, 0.29) is 12.2 Å². The van der Waals surface area contributed by atoms with Gasteiger partial charge in [0.1, 0.15) is 5.75 Å². The molecule has 1 atom stereocenters. The van der Waals surface area contributed by atoms with Crippen LogP contribution >= 0.6 is 0 Å². The molecule has 1 unspecified atom stereocenters. The summed E-state index contributed by atoms with van der Waals surface area (Å²) in [6.07, 6.45) is 0.0926. The molecule has 1 aliphatic heterocycles. The molecular formula is C4H7FO2S. The van der Waals surface area contributed by atoms with Crippen molar-refractivity contribution in [2.24, 2.45) is 0 Å². The van der Waals surface area contributed by atoms with Crippen LogP contribution in [-0.4, -0.2) is 19.2 Å². The maximum absolute atomic E-state index is 12.4. The van der Waals surface area contributed by atoms with Crippen LogP contribution in [0, 0.1) is 0 Å². The third-order valence-corrected chi connectivity index (χ3v) is 3.44. The Bertz CT molecular complexity index is 196. The van der Waals surface area contributed by atoms with Crippen LogP contribution in [0.5, 0.6) is 0 Å². The molecule has 1 rings (SSSR count). The minimum absolute atomic E-state index is 0.0926. The Morgan fingerprint density at radius 3 is 2.12 bits per heavy atom. The van der Waals surface area contributed by atoms with Crippen LogP contribution in [0.15, 0.2) is 0 Å². The summed E-state index contributed by atoms with van der Waals surface area (Å²) in [4.78, 5) is 0. The molecule has 1 aliphatic rings. The van der Waals surface area contributed by atoms with Crippen molar-refractivity contribution in [1.82, 2.24) is 0 Å². The number of rotatable bonds is 1. The van der Waals surface area contributed by atoms with Gasteiger partial charge in [-0.1, -0.05) is 6.92 Å². The summed E-state index contributed by atoms with van der Waals surface area (Å²) >= 11 is 0. The quantitative estimate of drug-likeness (QED) is 0.494. The average molecular weight is 138 g/mol. The maximum atomic E-state index is 12.4. The van der Waals surface area contributed by atoms with Crippen LogP contribution in [-0.2, 0) is 9.84 Å². The van der Waals surface area contributed by atoms with E-state index in [1.165, 1.54) is 6.92 Å². The Morgan fingerprint density at radius 2 is 2.12 bits per heavy atom. The molecule has 0 amide bonds. The van der Waals surface area contributed by atoms with Crippen molar-refractivity contribution in [3.8, 4) is 0 Å². The molecule has 4 heteroatoms. The summed E-state index contributed by atoms with van der Waals surface area (Å²) in [5.74, 6) is -0.267. The Morgan fingerprint density at radius 1 is 1.75 bits per heavy atom. The fraction of sp³-hybridized carbons (Fsp3) is 1.00. The molecule has 1 fully saturated rings. The molecule has 8 heavy (non-hydrogen) atoms. The first kappa shape index (κ1) is 6.01. The molecule has 0 bridgehead atoms. The van der Waals surface area contributed by atoms with Crippen molar-refractivity contribution in [1.29, 1.82) is 0 Å².